The number of morpholine rings is 1. The van der Waals surface area contributed by atoms with Crippen molar-refractivity contribution in [2.45, 2.75) is 0 Å². The molecule has 2 aromatic heterocycles. The molecule has 0 unspecified atom stereocenters. The van der Waals surface area contributed by atoms with Crippen molar-refractivity contribution in [1.29, 1.82) is 0 Å². The fraction of sp³-hybridized carbons (Fsp3) is 0.316. The summed E-state index contributed by atoms with van der Waals surface area (Å²) in [6.07, 6.45) is 4.31. The van der Waals surface area contributed by atoms with E-state index in [1.807, 2.05) is 18.2 Å². The van der Waals surface area contributed by atoms with E-state index in [1.165, 1.54) is 7.05 Å². The molecular weight excluding hydrogens is 414 g/mol. The quantitative estimate of drug-likeness (QED) is 0.584. The van der Waals surface area contributed by atoms with Crippen LogP contribution in [-0.4, -0.2) is 63.0 Å². The van der Waals surface area contributed by atoms with Gasteiger partial charge in [0.05, 0.1) is 30.7 Å². The second-order valence-corrected chi connectivity index (χ2v) is 9.16. The number of anilines is 2. The van der Waals surface area contributed by atoms with E-state index in [1.54, 1.807) is 18.6 Å². The lowest BCUT2D eigenvalue weighted by Crippen LogP contribution is -2.36. The lowest BCUT2D eigenvalue weighted by Gasteiger charge is -2.28. The number of rotatable bonds is 4. The first-order valence-corrected chi connectivity index (χ1v) is 11.2. The Balaban J connectivity index is 1.81. The molecular formula is C19H20ClN5O3S. The van der Waals surface area contributed by atoms with Crippen LogP contribution >= 0.6 is 11.6 Å². The zero-order valence-corrected chi connectivity index (χ0v) is 17.6. The molecule has 0 radical (unpaired) electrons. The van der Waals surface area contributed by atoms with Gasteiger partial charge in [0, 0.05) is 37.3 Å². The third-order valence-electron chi connectivity index (χ3n) is 4.92. The summed E-state index contributed by atoms with van der Waals surface area (Å²) in [6, 6.07) is 7.56. The Morgan fingerprint density at radius 2 is 1.86 bits per heavy atom. The highest BCUT2D eigenvalue weighted by Gasteiger charge is 2.19. The molecule has 3 aromatic rings. The maximum absolute atomic E-state index is 11.9. The van der Waals surface area contributed by atoms with Gasteiger partial charge < -0.3 is 9.64 Å². The third-order valence-corrected chi connectivity index (χ3v) is 6.40. The molecule has 0 amide bonds. The van der Waals surface area contributed by atoms with Crippen LogP contribution in [-0.2, 0) is 14.8 Å². The molecule has 0 atom stereocenters. The molecule has 10 heteroatoms. The maximum atomic E-state index is 11.9. The van der Waals surface area contributed by atoms with Gasteiger partial charge in [-0.05, 0) is 23.8 Å². The molecule has 1 aromatic carbocycles. The molecule has 4 rings (SSSR count). The number of pyridine rings is 1. The summed E-state index contributed by atoms with van der Waals surface area (Å²) < 4.78 is 30.4. The first kappa shape index (κ1) is 19.8. The monoisotopic (exact) mass is 433 g/mol. The molecule has 1 aliphatic heterocycles. The van der Waals surface area contributed by atoms with E-state index in [9.17, 15) is 8.42 Å². The largest absolute Gasteiger partial charge is 0.378 e. The van der Waals surface area contributed by atoms with E-state index in [4.69, 9.17) is 16.3 Å². The van der Waals surface area contributed by atoms with Crippen LogP contribution in [0.3, 0.4) is 0 Å². The highest BCUT2D eigenvalue weighted by molar-refractivity contribution is 7.92. The normalized spacial score (nSPS) is 14.9. The number of halogens is 1. The standard InChI is InChI=1S/C19H20ClN5O3S/c1-24(29(2,26)27)17-10-14(11-21-18(17)20)13-3-4-16-15(9-13)19(23-12-22-16)25-5-7-28-8-6-25/h3-4,9-12H,5-8H2,1-2H3. The van der Waals surface area contributed by atoms with Gasteiger partial charge in [0.1, 0.15) is 12.1 Å². The lowest BCUT2D eigenvalue weighted by atomic mass is 10.0. The predicted molar refractivity (Wildman–Crippen MR) is 114 cm³/mol. The van der Waals surface area contributed by atoms with Crippen LogP contribution in [0, 0.1) is 0 Å². The van der Waals surface area contributed by atoms with Gasteiger partial charge >= 0.3 is 0 Å². The molecule has 0 spiro atoms. The van der Waals surface area contributed by atoms with E-state index >= 15 is 0 Å². The molecule has 1 fully saturated rings. The van der Waals surface area contributed by atoms with Gasteiger partial charge in [0.25, 0.3) is 0 Å². The zero-order chi connectivity index (χ0) is 20.6. The lowest BCUT2D eigenvalue weighted by molar-refractivity contribution is 0.122. The number of ether oxygens (including phenoxy) is 1. The SMILES string of the molecule is CN(c1cc(-c2ccc3ncnc(N4CCOCC4)c3c2)cnc1Cl)S(C)(=O)=O. The fourth-order valence-electron chi connectivity index (χ4n) is 3.24. The second kappa shape index (κ2) is 7.74. The number of sulfonamides is 1. The average molecular weight is 434 g/mol. The molecule has 8 nitrogen and oxygen atoms in total. The number of benzene rings is 1. The molecule has 3 heterocycles. The number of hydrogen-bond acceptors (Lipinski definition) is 7. The Kier molecular flexibility index (Phi) is 5.28. The summed E-state index contributed by atoms with van der Waals surface area (Å²) >= 11 is 6.15. The van der Waals surface area contributed by atoms with Crippen molar-refractivity contribution in [2.24, 2.45) is 0 Å². The van der Waals surface area contributed by atoms with Gasteiger partial charge in [0.2, 0.25) is 10.0 Å². The van der Waals surface area contributed by atoms with Gasteiger partial charge in [-0.3, -0.25) is 4.31 Å². The Morgan fingerprint density at radius 3 is 2.59 bits per heavy atom. The van der Waals surface area contributed by atoms with Crippen molar-refractivity contribution in [2.75, 3.05) is 48.8 Å². The van der Waals surface area contributed by atoms with E-state index < -0.39 is 10.0 Å². The maximum Gasteiger partial charge on any atom is 0.232 e. The Bertz CT molecular complexity index is 1170. The van der Waals surface area contributed by atoms with Gasteiger partial charge in [0.15, 0.2) is 5.15 Å². The van der Waals surface area contributed by atoms with Crippen LogP contribution in [0.5, 0.6) is 0 Å². The molecule has 0 saturated carbocycles. The van der Waals surface area contributed by atoms with Gasteiger partial charge in [-0.15, -0.1) is 0 Å². The summed E-state index contributed by atoms with van der Waals surface area (Å²) in [5.41, 5.74) is 2.78. The van der Waals surface area contributed by atoms with Crippen LogP contribution in [0.4, 0.5) is 11.5 Å². The molecule has 0 N–H and O–H groups in total. The van der Waals surface area contributed by atoms with Gasteiger partial charge in [-0.25, -0.2) is 23.4 Å². The van der Waals surface area contributed by atoms with Crippen molar-refractivity contribution >= 4 is 44.0 Å². The predicted octanol–water partition coefficient (Wildman–Crippen LogP) is 2.58. The van der Waals surface area contributed by atoms with Crippen LogP contribution < -0.4 is 9.21 Å². The van der Waals surface area contributed by atoms with Crippen molar-refractivity contribution in [3.63, 3.8) is 0 Å². The molecule has 0 bridgehead atoms. The van der Waals surface area contributed by atoms with E-state index in [0.29, 0.717) is 18.9 Å². The summed E-state index contributed by atoms with van der Waals surface area (Å²) in [5.74, 6) is 0.857. The minimum atomic E-state index is -3.46. The van der Waals surface area contributed by atoms with E-state index in [-0.39, 0.29) is 5.15 Å². The van der Waals surface area contributed by atoms with Gasteiger partial charge in [-0.1, -0.05) is 17.7 Å². The fourth-order valence-corrected chi connectivity index (χ4v) is 4.02. The van der Waals surface area contributed by atoms with Crippen LogP contribution in [0.15, 0.2) is 36.8 Å². The summed E-state index contributed by atoms with van der Waals surface area (Å²) in [5, 5.41) is 1.04. The van der Waals surface area contributed by atoms with Gasteiger partial charge in [-0.2, -0.15) is 0 Å². The van der Waals surface area contributed by atoms with Crippen molar-refractivity contribution < 1.29 is 13.2 Å². The number of fused-ring (bicyclic) bond motifs is 1. The smallest absolute Gasteiger partial charge is 0.232 e. The minimum absolute atomic E-state index is 0.125. The Hall–Kier alpha value is -2.49. The summed E-state index contributed by atoms with van der Waals surface area (Å²) in [6.45, 7) is 2.85. The first-order chi connectivity index (χ1) is 13.8. The number of aromatic nitrogens is 3. The highest BCUT2D eigenvalue weighted by Crippen LogP contribution is 2.33. The van der Waals surface area contributed by atoms with Crippen LogP contribution in [0.25, 0.3) is 22.0 Å². The molecule has 1 aliphatic rings. The molecule has 29 heavy (non-hydrogen) atoms. The second-order valence-electron chi connectivity index (χ2n) is 6.79. The van der Waals surface area contributed by atoms with Crippen molar-refractivity contribution in [3.05, 3.63) is 41.9 Å². The minimum Gasteiger partial charge on any atom is -0.378 e. The van der Waals surface area contributed by atoms with Crippen LogP contribution in [0.2, 0.25) is 5.15 Å². The Morgan fingerprint density at radius 1 is 1.10 bits per heavy atom. The average Bonchev–Trinajstić information content (AvgIpc) is 2.73. The zero-order valence-electron chi connectivity index (χ0n) is 16.0. The summed E-state index contributed by atoms with van der Waals surface area (Å²) in [7, 11) is -2.01. The number of hydrogen-bond donors (Lipinski definition) is 0. The van der Waals surface area contributed by atoms with E-state index in [0.717, 1.165) is 51.5 Å². The molecule has 1 saturated heterocycles. The highest BCUT2D eigenvalue weighted by atomic mass is 35.5. The van der Waals surface area contributed by atoms with Crippen LogP contribution in [0.1, 0.15) is 0 Å². The topological polar surface area (TPSA) is 88.5 Å². The molecule has 152 valence electrons. The third kappa shape index (κ3) is 3.98. The Labute approximate surface area is 174 Å². The summed E-state index contributed by atoms with van der Waals surface area (Å²) in [4.78, 5) is 15.2. The van der Waals surface area contributed by atoms with Crippen molar-refractivity contribution in [3.8, 4) is 11.1 Å². The molecule has 0 aliphatic carbocycles. The number of nitrogens with zero attached hydrogens (tertiary/aromatic N) is 5. The van der Waals surface area contributed by atoms with E-state index in [2.05, 4.69) is 19.9 Å². The first-order valence-electron chi connectivity index (χ1n) is 9.02. The van der Waals surface area contributed by atoms with Crippen molar-refractivity contribution in [1.82, 2.24) is 15.0 Å².